The molecule has 27 heavy (non-hydrogen) atoms. The molecular weight excluding hydrogens is 357 g/mol. The number of aromatic nitrogens is 2. The number of rotatable bonds is 9. The van der Waals surface area contributed by atoms with Crippen molar-refractivity contribution < 1.29 is 17.9 Å². The maximum Gasteiger partial charge on any atom is 0.523 e. The Bertz CT molecular complexity index is 734. The van der Waals surface area contributed by atoms with E-state index in [0.29, 0.717) is 22.9 Å². The van der Waals surface area contributed by atoms with Crippen LogP contribution in [-0.2, 0) is 4.74 Å². The molecule has 2 N–H and O–H groups in total. The molecule has 1 heterocycles. The summed E-state index contributed by atoms with van der Waals surface area (Å²) >= 11 is 0. The molecule has 0 saturated heterocycles. The third kappa shape index (κ3) is 5.75. The predicted octanol–water partition coefficient (Wildman–Crippen LogP) is 4.92. The second-order valence-electron chi connectivity index (χ2n) is 6.24. The minimum Gasteiger partial charge on any atom is -0.373 e. The van der Waals surface area contributed by atoms with Gasteiger partial charge in [-0.3, -0.25) is 4.74 Å². The summed E-state index contributed by atoms with van der Waals surface area (Å²) in [7, 11) is 1.93. The number of nitrogens with one attached hydrogen (secondary N) is 2. The summed E-state index contributed by atoms with van der Waals surface area (Å²) < 4.78 is 41.6. The number of ether oxygens (including phenoxy) is 1. The van der Waals surface area contributed by atoms with E-state index in [1.807, 2.05) is 11.9 Å². The number of hydrogen-bond donors (Lipinski definition) is 2. The standard InChI is InChI=1S/C19H25F3N4O/c1-5-7-11-26(4)13(3)16-18(23-6-2)25-17(24-16)14-9-8-10-15(12-14)27-19(20,21)22/h6,8-9,12,15,23H,2-3,5,7,10-11H2,1,4H3,(H,24,25). The highest BCUT2D eigenvalue weighted by Crippen LogP contribution is 2.30. The second kappa shape index (κ2) is 8.94. The first-order chi connectivity index (χ1) is 12.7. The zero-order chi connectivity index (χ0) is 20.0. The van der Waals surface area contributed by atoms with Gasteiger partial charge in [0.05, 0.1) is 11.8 Å². The number of alkyl halides is 3. The predicted molar refractivity (Wildman–Crippen MR) is 102 cm³/mol. The highest BCUT2D eigenvalue weighted by Gasteiger charge is 2.33. The van der Waals surface area contributed by atoms with E-state index in [1.54, 1.807) is 12.2 Å². The molecule has 0 fully saturated rings. The number of anilines is 1. The average molecular weight is 382 g/mol. The van der Waals surface area contributed by atoms with E-state index in [0.717, 1.165) is 25.1 Å². The number of aromatic amines is 1. The van der Waals surface area contributed by atoms with Gasteiger partial charge < -0.3 is 15.2 Å². The Morgan fingerprint density at radius 1 is 1.52 bits per heavy atom. The van der Waals surface area contributed by atoms with Crippen molar-refractivity contribution in [2.75, 3.05) is 18.9 Å². The number of imidazole rings is 1. The van der Waals surface area contributed by atoms with Crippen LogP contribution < -0.4 is 5.32 Å². The molecule has 0 aromatic carbocycles. The van der Waals surface area contributed by atoms with Crippen molar-refractivity contribution in [2.45, 2.75) is 38.7 Å². The highest BCUT2D eigenvalue weighted by atomic mass is 19.4. The number of nitrogens with zero attached hydrogens (tertiary/aromatic N) is 2. The number of H-pyrrole nitrogens is 1. The molecule has 1 aromatic rings. The van der Waals surface area contributed by atoms with E-state index in [4.69, 9.17) is 0 Å². The molecule has 8 heteroatoms. The third-order valence-electron chi connectivity index (χ3n) is 4.13. The van der Waals surface area contributed by atoms with Crippen LogP contribution in [0.2, 0.25) is 0 Å². The molecule has 2 rings (SSSR count). The van der Waals surface area contributed by atoms with Crippen LogP contribution >= 0.6 is 0 Å². The van der Waals surface area contributed by atoms with Crippen LogP contribution in [0.4, 0.5) is 19.0 Å². The Labute approximate surface area is 157 Å². The maximum absolute atomic E-state index is 12.5. The maximum atomic E-state index is 12.5. The van der Waals surface area contributed by atoms with Crippen LogP contribution in [0.15, 0.2) is 37.6 Å². The van der Waals surface area contributed by atoms with Crippen LogP contribution in [0.1, 0.15) is 37.7 Å². The molecular formula is C19H25F3N4O. The third-order valence-corrected chi connectivity index (χ3v) is 4.13. The Morgan fingerprint density at radius 3 is 2.89 bits per heavy atom. The molecule has 5 nitrogen and oxygen atoms in total. The van der Waals surface area contributed by atoms with Gasteiger partial charge >= 0.3 is 6.36 Å². The molecule has 0 radical (unpaired) electrons. The van der Waals surface area contributed by atoms with Gasteiger partial charge in [0.15, 0.2) is 5.82 Å². The molecule has 1 aliphatic carbocycles. The summed E-state index contributed by atoms with van der Waals surface area (Å²) in [5.41, 5.74) is 1.92. The molecule has 148 valence electrons. The molecule has 1 unspecified atom stereocenters. The number of allylic oxidation sites excluding steroid dienone is 2. The highest BCUT2D eigenvalue weighted by molar-refractivity contribution is 5.77. The molecule has 1 aromatic heterocycles. The van der Waals surface area contributed by atoms with Crippen molar-refractivity contribution in [1.29, 1.82) is 0 Å². The summed E-state index contributed by atoms with van der Waals surface area (Å²) in [4.78, 5) is 9.62. The average Bonchev–Trinajstić information content (AvgIpc) is 3.02. The lowest BCUT2D eigenvalue weighted by atomic mass is 10.0. The fourth-order valence-electron chi connectivity index (χ4n) is 2.71. The van der Waals surface area contributed by atoms with Gasteiger partial charge in [-0.15, -0.1) is 13.2 Å². The number of hydrogen-bond acceptors (Lipinski definition) is 4. The van der Waals surface area contributed by atoms with Crippen molar-refractivity contribution in [3.63, 3.8) is 0 Å². The van der Waals surface area contributed by atoms with E-state index in [-0.39, 0.29) is 6.42 Å². The number of unbranched alkanes of at least 4 members (excludes halogenated alkanes) is 1. The lowest BCUT2D eigenvalue weighted by Crippen LogP contribution is -2.23. The lowest BCUT2D eigenvalue weighted by Gasteiger charge is -2.21. The van der Waals surface area contributed by atoms with Crippen molar-refractivity contribution >= 4 is 17.1 Å². The van der Waals surface area contributed by atoms with Gasteiger partial charge in [0.25, 0.3) is 0 Å². The fourth-order valence-corrected chi connectivity index (χ4v) is 2.71. The summed E-state index contributed by atoms with van der Waals surface area (Å²) in [6.45, 7) is 10.7. The zero-order valence-corrected chi connectivity index (χ0v) is 15.6. The Kier molecular flexibility index (Phi) is 6.90. The molecule has 0 amide bonds. The molecule has 0 saturated carbocycles. The van der Waals surface area contributed by atoms with Gasteiger partial charge in [0, 0.05) is 19.2 Å². The topological polar surface area (TPSA) is 53.2 Å². The van der Waals surface area contributed by atoms with Gasteiger partial charge in [0.1, 0.15) is 11.5 Å². The van der Waals surface area contributed by atoms with Crippen LogP contribution in [-0.4, -0.2) is 40.9 Å². The molecule has 0 bridgehead atoms. The first-order valence-corrected chi connectivity index (χ1v) is 8.76. The SMILES string of the molecule is C=CNc1nc(C2=CC(OC(F)(F)F)CC=C2)[nH]c1C(=C)N(C)CCCC. The van der Waals surface area contributed by atoms with Gasteiger partial charge in [-0.1, -0.05) is 38.7 Å². The normalized spacial score (nSPS) is 16.8. The minimum absolute atomic E-state index is 0.154. The monoisotopic (exact) mass is 382 g/mol. The van der Waals surface area contributed by atoms with E-state index < -0.39 is 12.5 Å². The van der Waals surface area contributed by atoms with Crippen LogP contribution in [0.3, 0.4) is 0 Å². The first kappa shape index (κ1) is 20.8. The molecule has 0 aliphatic heterocycles. The van der Waals surface area contributed by atoms with E-state index in [2.05, 4.69) is 40.1 Å². The van der Waals surface area contributed by atoms with E-state index in [9.17, 15) is 13.2 Å². The number of halogens is 3. The smallest absolute Gasteiger partial charge is 0.373 e. The Morgan fingerprint density at radius 2 is 2.26 bits per heavy atom. The molecule has 1 atom stereocenters. The van der Waals surface area contributed by atoms with Crippen molar-refractivity contribution in [3.05, 3.63) is 49.1 Å². The van der Waals surface area contributed by atoms with E-state index in [1.165, 1.54) is 12.3 Å². The van der Waals surface area contributed by atoms with Crippen LogP contribution in [0.25, 0.3) is 11.3 Å². The van der Waals surface area contributed by atoms with Crippen LogP contribution in [0, 0.1) is 0 Å². The zero-order valence-electron chi connectivity index (χ0n) is 15.6. The Hall–Kier alpha value is -2.48. The summed E-state index contributed by atoms with van der Waals surface area (Å²) in [6, 6.07) is 0. The van der Waals surface area contributed by atoms with Crippen molar-refractivity contribution in [1.82, 2.24) is 14.9 Å². The van der Waals surface area contributed by atoms with E-state index >= 15 is 0 Å². The summed E-state index contributed by atoms with van der Waals surface area (Å²) in [6.07, 6.45) is 2.73. The lowest BCUT2D eigenvalue weighted by molar-refractivity contribution is -0.335. The fraction of sp³-hybridized carbons (Fsp3) is 0.421. The molecule has 1 aliphatic rings. The minimum atomic E-state index is -4.68. The van der Waals surface area contributed by atoms with Crippen molar-refractivity contribution in [2.24, 2.45) is 0 Å². The first-order valence-electron chi connectivity index (χ1n) is 8.76. The van der Waals surface area contributed by atoms with Crippen LogP contribution in [0.5, 0.6) is 0 Å². The second-order valence-corrected chi connectivity index (χ2v) is 6.24. The van der Waals surface area contributed by atoms with Gasteiger partial charge in [0.2, 0.25) is 0 Å². The summed E-state index contributed by atoms with van der Waals surface area (Å²) in [5.74, 6) is 0.952. The quantitative estimate of drug-likeness (QED) is 0.637. The van der Waals surface area contributed by atoms with Gasteiger partial charge in [-0.25, -0.2) is 4.98 Å². The van der Waals surface area contributed by atoms with Gasteiger partial charge in [-0.2, -0.15) is 0 Å². The Balaban J connectivity index is 2.28. The molecule has 0 spiro atoms. The largest absolute Gasteiger partial charge is 0.523 e. The van der Waals surface area contributed by atoms with Gasteiger partial charge in [-0.05, 0) is 25.1 Å². The summed E-state index contributed by atoms with van der Waals surface area (Å²) in [5, 5.41) is 2.95. The van der Waals surface area contributed by atoms with Crippen molar-refractivity contribution in [3.8, 4) is 0 Å².